The molecule has 0 saturated carbocycles. The molecule has 0 atom stereocenters. The molecule has 0 aliphatic heterocycles. The van der Waals surface area contributed by atoms with E-state index >= 15 is 0 Å². The van der Waals surface area contributed by atoms with Crippen molar-refractivity contribution in [2.24, 2.45) is 0 Å². The summed E-state index contributed by atoms with van der Waals surface area (Å²) in [5, 5.41) is 5.75. The first-order chi connectivity index (χ1) is 10.2. The van der Waals surface area contributed by atoms with Gasteiger partial charge >= 0.3 is 0 Å². The van der Waals surface area contributed by atoms with Crippen molar-refractivity contribution < 1.29 is 9.59 Å². The van der Waals surface area contributed by atoms with Gasteiger partial charge in [0.05, 0.1) is 0 Å². The van der Waals surface area contributed by atoms with E-state index in [9.17, 15) is 9.59 Å². The maximum absolute atomic E-state index is 12.2. The molecule has 122 valence electrons. The number of aryl methyl sites for hydroxylation is 2. The number of rotatable bonds is 7. The summed E-state index contributed by atoms with van der Waals surface area (Å²) in [4.78, 5) is 23.8. The van der Waals surface area contributed by atoms with E-state index in [1.54, 1.807) is 0 Å². The minimum Gasteiger partial charge on any atom is -0.355 e. The van der Waals surface area contributed by atoms with Gasteiger partial charge in [-0.1, -0.05) is 12.1 Å². The molecule has 2 N–H and O–H groups in total. The molecule has 4 nitrogen and oxygen atoms in total. The summed E-state index contributed by atoms with van der Waals surface area (Å²) >= 11 is 0. The van der Waals surface area contributed by atoms with Gasteiger partial charge in [0.15, 0.2) is 5.78 Å². The van der Waals surface area contributed by atoms with Crippen LogP contribution in [0.5, 0.6) is 0 Å². The van der Waals surface area contributed by atoms with E-state index in [4.69, 9.17) is 0 Å². The first-order valence-electron chi connectivity index (χ1n) is 7.77. The molecule has 1 aliphatic carbocycles. The number of likely N-dealkylation sites (N-methyl/N-ethyl adjacent to an activating group) is 1. The number of carbonyl (C=O) groups excluding carboxylic acids is 2. The van der Waals surface area contributed by atoms with Gasteiger partial charge in [0, 0.05) is 31.5 Å². The largest absolute Gasteiger partial charge is 0.355 e. The lowest BCUT2D eigenvalue weighted by Gasteiger charge is -2.16. The molecule has 0 heterocycles. The van der Waals surface area contributed by atoms with Crippen LogP contribution in [0.2, 0.25) is 0 Å². The lowest BCUT2D eigenvalue weighted by Crippen LogP contribution is -2.30. The van der Waals surface area contributed by atoms with Crippen molar-refractivity contribution in [1.29, 1.82) is 0 Å². The van der Waals surface area contributed by atoms with Gasteiger partial charge in [-0.25, -0.2) is 0 Å². The number of halogens is 1. The molecular formula is C17H25ClN2O2. The van der Waals surface area contributed by atoms with E-state index in [-0.39, 0.29) is 36.9 Å². The highest BCUT2D eigenvalue weighted by atomic mass is 35.5. The Labute approximate surface area is 138 Å². The van der Waals surface area contributed by atoms with Crippen LogP contribution in [-0.2, 0) is 17.6 Å². The summed E-state index contributed by atoms with van der Waals surface area (Å²) in [5.41, 5.74) is 3.44. The SMILES string of the molecule is CNCCNC(=O)CCC(=O)c1ccc2c(c1)CCCC2.Cl. The van der Waals surface area contributed by atoms with Gasteiger partial charge in [-0.05, 0) is 49.9 Å². The lowest BCUT2D eigenvalue weighted by atomic mass is 9.89. The highest BCUT2D eigenvalue weighted by Gasteiger charge is 2.13. The number of carbonyl (C=O) groups is 2. The summed E-state index contributed by atoms with van der Waals surface area (Å²) < 4.78 is 0. The van der Waals surface area contributed by atoms with Crippen LogP contribution in [0.15, 0.2) is 18.2 Å². The molecule has 2 rings (SSSR count). The topological polar surface area (TPSA) is 58.2 Å². The van der Waals surface area contributed by atoms with E-state index in [1.165, 1.54) is 24.0 Å². The molecule has 1 aliphatic rings. The van der Waals surface area contributed by atoms with Crippen LogP contribution in [0.1, 0.15) is 47.2 Å². The summed E-state index contributed by atoms with van der Waals surface area (Å²) in [7, 11) is 1.84. The molecule has 0 spiro atoms. The van der Waals surface area contributed by atoms with Crippen LogP contribution in [-0.4, -0.2) is 31.8 Å². The number of benzene rings is 1. The van der Waals surface area contributed by atoms with Crippen molar-refractivity contribution >= 4 is 24.1 Å². The Morgan fingerprint density at radius 2 is 1.77 bits per heavy atom. The normalized spacial score (nSPS) is 13.0. The van der Waals surface area contributed by atoms with Crippen LogP contribution < -0.4 is 10.6 Å². The fraction of sp³-hybridized carbons (Fsp3) is 0.529. The van der Waals surface area contributed by atoms with Crippen LogP contribution in [0.3, 0.4) is 0 Å². The van der Waals surface area contributed by atoms with Crippen LogP contribution in [0.25, 0.3) is 0 Å². The van der Waals surface area contributed by atoms with E-state index in [1.807, 2.05) is 19.2 Å². The van der Waals surface area contributed by atoms with E-state index in [0.29, 0.717) is 6.54 Å². The molecule has 0 fully saturated rings. The molecule has 0 saturated heterocycles. The Kier molecular flexibility index (Phi) is 8.13. The monoisotopic (exact) mass is 324 g/mol. The third kappa shape index (κ3) is 5.43. The summed E-state index contributed by atoms with van der Waals surface area (Å²) in [6.45, 7) is 1.34. The number of hydrogen-bond donors (Lipinski definition) is 2. The molecule has 22 heavy (non-hydrogen) atoms. The van der Waals surface area contributed by atoms with Gasteiger partial charge in [-0.3, -0.25) is 9.59 Å². The highest BCUT2D eigenvalue weighted by molar-refractivity contribution is 5.98. The minimum absolute atomic E-state index is 0. The first kappa shape index (κ1) is 18.7. The zero-order chi connectivity index (χ0) is 15.1. The van der Waals surface area contributed by atoms with Gasteiger partial charge < -0.3 is 10.6 Å². The number of ketones is 1. The second-order valence-corrected chi connectivity index (χ2v) is 5.57. The van der Waals surface area contributed by atoms with Crippen molar-refractivity contribution in [2.45, 2.75) is 38.5 Å². The van der Waals surface area contributed by atoms with Crippen molar-refractivity contribution in [3.8, 4) is 0 Å². The first-order valence-corrected chi connectivity index (χ1v) is 7.77. The third-order valence-corrected chi connectivity index (χ3v) is 3.95. The third-order valence-electron chi connectivity index (χ3n) is 3.95. The molecular weight excluding hydrogens is 300 g/mol. The van der Waals surface area contributed by atoms with Crippen molar-refractivity contribution in [2.75, 3.05) is 20.1 Å². The Morgan fingerprint density at radius 3 is 2.50 bits per heavy atom. The summed E-state index contributed by atoms with van der Waals surface area (Å²) in [6.07, 6.45) is 5.19. The van der Waals surface area contributed by atoms with E-state index in [0.717, 1.165) is 24.9 Å². The molecule has 0 bridgehead atoms. The maximum Gasteiger partial charge on any atom is 0.220 e. The quantitative estimate of drug-likeness (QED) is 0.597. The maximum atomic E-state index is 12.2. The summed E-state index contributed by atoms with van der Waals surface area (Å²) in [5.74, 6) is 0.00343. The van der Waals surface area contributed by atoms with Crippen molar-refractivity contribution in [3.63, 3.8) is 0 Å². The van der Waals surface area contributed by atoms with E-state index < -0.39 is 0 Å². The van der Waals surface area contributed by atoms with E-state index in [2.05, 4.69) is 16.7 Å². The zero-order valence-corrected chi connectivity index (χ0v) is 13.9. The van der Waals surface area contributed by atoms with Crippen LogP contribution >= 0.6 is 12.4 Å². The minimum atomic E-state index is -0.0587. The Bertz CT molecular complexity index is 517. The fourth-order valence-electron chi connectivity index (χ4n) is 2.69. The molecule has 0 aromatic heterocycles. The standard InChI is InChI=1S/C17H24N2O2.ClH/c1-18-10-11-19-17(21)9-8-16(20)15-7-6-13-4-2-3-5-14(13)12-15;/h6-7,12,18H,2-5,8-11H2,1H3,(H,19,21);1H. The molecule has 1 aromatic rings. The average Bonchev–Trinajstić information content (AvgIpc) is 2.52. The lowest BCUT2D eigenvalue weighted by molar-refractivity contribution is -0.121. The smallest absolute Gasteiger partial charge is 0.220 e. The van der Waals surface area contributed by atoms with Crippen LogP contribution in [0.4, 0.5) is 0 Å². The Balaban J connectivity index is 0.00000242. The molecule has 0 unspecified atom stereocenters. The average molecular weight is 325 g/mol. The predicted octanol–water partition coefficient (Wildman–Crippen LogP) is 2.29. The van der Waals surface area contributed by atoms with Gasteiger partial charge in [-0.2, -0.15) is 0 Å². The molecule has 1 aromatic carbocycles. The molecule has 1 amide bonds. The van der Waals surface area contributed by atoms with Crippen molar-refractivity contribution in [1.82, 2.24) is 10.6 Å². The van der Waals surface area contributed by atoms with Crippen molar-refractivity contribution in [3.05, 3.63) is 34.9 Å². The Morgan fingerprint density at radius 1 is 1.05 bits per heavy atom. The zero-order valence-electron chi connectivity index (χ0n) is 13.1. The highest BCUT2D eigenvalue weighted by Crippen LogP contribution is 2.22. The molecule has 5 heteroatoms. The van der Waals surface area contributed by atoms with Gasteiger partial charge in [0.1, 0.15) is 0 Å². The second-order valence-electron chi connectivity index (χ2n) is 5.57. The van der Waals surface area contributed by atoms with Gasteiger partial charge in [0.2, 0.25) is 5.91 Å². The fourth-order valence-corrected chi connectivity index (χ4v) is 2.69. The number of nitrogens with one attached hydrogen (secondary N) is 2. The number of hydrogen-bond acceptors (Lipinski definition) is 3. The predicted molar refractivity (Wildman–Crippen MR) is 90.8 cm³/mol. The molecule has 0 radical (unpaired) electrons. The van der Waals surface area contributed by atoms with Crippen LogP contribution in [0, 0.1) is 0 Å². The van der Waals surface area contributed by atoms with Gasteiger partial charge in [-0.15, -0.1) is 12.4 Å². The number of Topliss-reactive ketones (excluding diaryl/α,β-unsaturated/α-hetero) is 1. The number of fused-ring (bicyclic) bond motifs is 1. The van der Waals surface area contributed by atoms with Gasteiger partial charge in [0.25, 0.3) is 0 Å². The summed E-state index contributed by atoms with van der Waals surface area (Å²) in [6, 6.07) is 6.01. The second kappa shape index (κ2) is 9.59. The number of amides is 1. The Hall–Kier alpha value is -1.39.